The van der Waals surface area contributed by atoms with Crippen molar-refractivity contribution >= 4 is 17.6 Å². The average molecular weight is 246 g/mol. The molecule has 2 saturated carbocycles. The van der Waals surface area contributed by atoms with Crippen molar-refractivity contribution in [1.29, 1.82) is 0 Å². The van der Waals surface area contributed by atoms with Gasteiger partial charge in [-0.05, 0) is 37.2 Å². The summed E-state index contributed by atoms with van der Waals surface area (Å²) in [6, 6.07) is 1.43. The van der Waals surface area contributed by atoms with Crippen molar-refractivity contribution in [3.8, 4) is 0 Å². The first kappa shape index (κ1) is 11.2. The number of fused-ring (bicyclic) bond motifs is 1. The fraction of sp³-hybridized carbons (Fsp3) is 0.462. The van der Waals surface area contributed by atoms with Crippen molar-refractivity contribution in [1.82, 2.24) is 4.98 Å². The van der Waals surface area contributed by atoms with Crippen LogP contribution >= 0.6 is 0 Å². The summed E-state index contributed by atoms with van der Waals surface area (Å²) in [5, 5.41) is 11.6. The van der Waals surface area contributed by atoms with E-state index in [1.165, 1.54) is 24.9 Å². The lowest BCUT2D eigenvalue weighted by molar-refractivity contribution is -0.120. The van der Waals surface area contributed by atoms with E-state index in [9.17, 15) is 9.59 Å². The maximum Gasteiger partial charge on any atom is 0.337 e. The second-order valence-electron chi connectivity index (χ2n) is 5.18. The summed E-state index contributed by atoms with van der Waals surface area (Å²) in [6.45, 7) is 0. The Morgan fingerprint density at radius 2 is 1.94 bits per heavy atom. The third-order valence-electron chi connectivity index (χ3n) is 3.87. The summed E-state index contributed by atoms with van der Waals surface area (Å²) in [4.78, 5) is 26.6. The lowest BCUT2D eigenvalue weighted by atomic mass is 10.0. The van der Waals surface area contributed by atoms with Gasteiger partial charge < -0.3 is 10.4 Å². The molecule has 1 heterocycles. The minimum atomic E-state index is -1.04. The number of carboxylic acids is 1. The van der Waals surface area contributed by atoms with Gasteiger partial charge in [-0.25, -0.2) is 4.79 Å². The first-order valence-electron chi connectivity index (χ1n) is 6.12. The molecule has 0 radical (unpaired) electrons. The number of nitrogens with zero attached hydrogens (tertiary/aromatic N) is 1. The van der Waals surface area contributed by atoms with Crippen LogP contribution in [0.2, 0.25) is 0 Å². The molecule has 2 unspecified atom stereocenters. The second kappa shape index (κ2) is 4.08. The molecule has 2 aliphatic carbocycles. The highest BCUT2D eigenvalue weighted by Crippen LogP contribution is 2.54. The van der Waals surface area contributed by atoms with Gasteiger partial charge in [0, 0.05) is 12.1 Å². The predicted octanol–water partition coefficient (Wildman–Crippen LogP) is 1.76. The molecule has 94 valence electrons. The molecule has 3 rings (SSSR count). The minimum absolute atomic E-state index is 0.00783. The standard InChI is InChI=1S/C13H14N2O3/c16-12(9-2-7-1-8(7)3-9)15-11-4-10(13(17)18)5-14-6-11/h4-9H,1-3H2,(H,15,16)(H,17,18). The third-order valence-corrected chi connectivity index (χ3v) is 3.87. The molecule has 5 heteroatoms. The van der Waals surface area contributed by atoms with Gasteiger partial charge in [-0.15, -0.1) is 0 Å². The Morgan fingerprint density at radius 3 is 2.61 bits per heavy atom. The Balaban J connectivity index is 1.66. The monoisotopic (exact) mass is 246 g/mol. The summed E-state index contributed by atoms with van der Waals surface area (Å²) in [5.74, 6) is 0.544. The molecule has 0 bridgehead atoms. The van der Waals surface area contributed by atoms with Crippen LogP contribution in [-0.4, -0.2) is 22.0 Å². The number of pyridine rings is 1. The molecule has 1 aromatic rings. The van der Waals surface area contributed by atoms with E-state index in [4.69, 9.17) is 5.11 Å². The van der Waals surface area contributed by atoms with E-state index in [1.54, 1.807) is 0 Å². The normalized spacial score (nSPS) is 28.6. The highest BCUT2D eigenvalue weighted by Gasteiger charge is 2.47. The van der Waals surface area contributed by atoms with Crippen LogP contribution in [0.5, 0.6) is 0 Å². The van der Waals surface area contributed by atoms with Gasteiger partial charge >= 0.3 is 5.97 Å². The number of amides is 1. The highest BCUT2D eigenvalue weighted by atomic mass is 16.4. The summed E-state index contributed by atoms with van der Waals surface area (Å²) in [6.07, 6.45) is 5.97. The van der Waals surface area contributed by atoms with Crippen molar-refractivity contribution < 1.29 is 14.7 Å². The molecular formula is C13H14N2O3. The molecule has 2 atom stereocenters. The molecule has 18 heavy (non-hydrogen) atoms. The molecule has 0 aromatic carbocycles. The number of carboxylic acid groups (broad SMARTS) is 1. The van der Waals surface area contributed by atoms with E-state index in [-0.39, 0.29) is 17.4 Å². The van der Waals surface area contributed by atoms with E-state index in [1.807, 2.05) is 0 Å². The molecule has 2 fully saturated rings. The van der Waals surface area contributed by atoms with Crippen LogP contribution in [0.3, 0.4) is 0 Å². The van der Waals surface area contributed by atoms with Crippen molar-refractivity contribution in [2.24, 2.45) is 17.8 Å². The Morgan fingerprint density at radius 1 is 1.22 bits per heavy atom. The van der Waals surface area contributed by atoms with Gasteiger partial charge in [0.05, 0.1) is 17.4 Å². The third kappa shape index (κ3) is 2.08. The number of aromatic nitrogens is 1. The summed E-state index contributed by atoms with van der Waals surface area (Å²) in [7, 11) is 0. The number of nitrogens with one attached hydrogen (secondary N) is 1. The molecule has 0 spiro atoms. The van der Waals surface area contributed by atoms with Gasteiger partial charge in [-0.2, -0.15) is 0 Å². The van der Waals surface area contributed by atoms with E-state index in [2.05, 4.69) is 10.3 Å². The van der Waals surface area contributed by atoms with E-state index in [0.29, 0.717) is 5.69 Å². The Bertz CT molecular complexity index is 505. The topological polar surface area (TPSA) is 79.3 Å². The van der Waals surface area contributed by atoms with Gasteiger partial charge in [0.1, 0.15) is 0 Å². The van der Waals surface area contributed by atoms with Crippen LogP contribution in [0, 0.1) is 17.8 Å². The van der Waals surface area contributed by atoms with Gasteiger partial charge in [-0.3, -0.25) is 9.78 Å². The van der Waals surface area contributed by atoms with Gasteiger partial charge in [0.2, 0.25) is 5.91 Å². The molecule has 1 amide bonds. The SMILES string of the molecule is O=C(O)c1cncc(NC(=O)C2CC3CC3C2)c1. The Hall–Kier alpha value is -1.91. The summed E-state index contributed by atoms with van der Waals surface area (Å²) < 4.78 is 0. The van der Waals surface area contributed by atoms with Crippen LogP contribution < -0.4 is 5.32 Å². The Kier molecular flexibility index (Phi) is 2.54. The minimum Gasteiger partial charge on any atom is -0.478 e. The van der Waals surface area contributed by atoms with E-state index in [0.717, 1.165) is 24.7 Å². The largest absolute Gasteiger partial charge is 0.478 e. The molecule has 0 aliphatic heterocycles. The lowest BCUT2D eigenvalue weighted by Crippen LogP contribution is -2.21. The zero-order chi connectivity index (χ0) is 12.7. The number of anilines is 1. The molecule has 2 N–H and O–H groups in total. The van der Waals surface area contributed by atoms with Gasteiger partial charge in [-0.1, -0.05) is 0 Å². The first-order chi connectivity index (χ1) is 8.63. The number of hydrogen-bond donors (Lipinski definition) is 2. The van der Waals surface area contributed by atoms with Crippen LogP contribution in [0.15, 0.2) is 18.5 Å². The van der Waals surface area contributed by atoms with Crippen molar-refractivity contribution in [2.75, 3.05) is 5.32 Å². The smallest absolute Gasteiger partial charge is 0.337 e. The van der Waals surface area contributed by atoms with Crippen molar-refractivity contribution in [2.45, 2.75) is 19.3 Å². The maximum absolute atomic E-state index is 12.0. The zero-order valence-corrected chi connectivity index (χ0v) is 9.80. The number of aromatic carboxylic acids is 1. The number of rotatable bonds is 3. The van der Waals surface area contributed by atoms with E-state index >= 15 is 0 Å². The quantitative estimate of drug-likeness (QED) is 0.851. The average Bonchev–Trinajstić information content (AvgIpc) is 2.96. The molecule has 0 saturated heterocycles. The van der Waals surface area contributed by atoms with Crippen LogP contribution in [0.1, 0.15) is 29.6 Å². The molecule has 5 nitrogen and oxygen atoms in total. The number of carbonyl (C=O) groups is 2. The van der Waals surface area contributed by atoms with Crippen molar-refractivity contribution in [3.63, 3.8) is 0 Å². The van der Waals surface area contributed by atoms with E-state index < -0.39 is 5.97 Å². The van der Waals surface area contributed by atoms with Gasteiger partial charge in [0.15, 0.2) is 0 Å². The lowest BCUT2D eigenvalue weighted by Gasteiger charge is -2.12. The van der Waals surface area contributed by atoms with Crippen molar-refractivity contribution in [3.05, 3.63) is 24.0 Å². The second-order valence-corrected chi connectivity index (χ2v) is 5.18. The molecule has 1 aromatic heterocycles. The molecular weight excluding hydrogens is 232 g/mol. The first-order valence-corrected chi connectivity index (χ1v) is 6.12. The predicted molar refractivity (Wildman–Crippen MR) is 64.1 cm³/mol. The van der Waals surface area contributed by atoms with Crippen LogP contribution in [-0.2, 0) is 4.79 Å². The Labute approximate surface area is 104 Å². The molecule has 2 aliphatic rings. The summed E-state index contributed by atoms with van der Waals surface area (Å²) >= 11 is 0. The van der Waals surface area contributed by atoms with Crippen LogP contribution in [0.25, 0.3) is 0 Å². The zero-order valence-electron chi connectivity index (χ0n) is 9.80. The van der Waals surface area contributed by atoms with Gasteiger partial charge in [0.25, 0.3) is 0 Å². The van der Waals surface area contributed by atoms with Crippen LogP contribution in [0.4, 0.5) is 5.69 Å². The maximum atomic E-state index is 12.0. The fourth-order valence-corrected chi connectivity index (χ4v) is 2.80. The number of carbonyl (C=O) groups excluding carboxylic acids is 1. The summed E-state index contributed by atoms with van der Waals surface area (Å²) in [5.41, 5.74) is 0.544. The highest BCUT2D eigenvalue weighted by molar-refractivity contribution is 5.94. The fourth-order valence-electron chi connectivity index (χ4n) is 2.80. The number of hydrogen-bond acceptors (Lipinski definition) is 3.